The summed E-state index contributed by atoms with van der Waals surface area (Å²) in [5, 5.41) is 5.96. The van der Waals surface area contributed by atoms with Gasteiger partial charge in [-0.3, -0.25) is 9.78 Å². The Morgan fingerprint density at radius 1 is 1.22 bits per heavy atom. The van der Waals surface area contributed by atoms with Crippen LogP contribution in [0.15, 0.2) is 47.2 Å². The fourth-order valence-corrected chi connectivity index (χ4v) is 2.03. The van der Waals surface area contributed by atoms with Crippen LogP contribution in [0.25, 0.3) is 0 Å². The van der Waals surface area contributed by atoms with Crippen molar-refractivity contribution >= 4 is 38.9 Å². The van der Waals surface area contributed by atoms with Crippen LogP contribution >= 0.6 is 15.9 Å². The van der Waals surface area contributed by atoms with Gasteiger partial charge < -0.3 is 10.6 Å². The molecule has 0 fully saturated rings. The van der Waals surface area contributed by atoms with E-state index < -0.39 is 0 Å². The number of pyridine rings is 1. The van der Waals surface area contributed by atoms with Crippen molar-refractivity contribution in [3.63, 3.8) is 0 Å². The van der Waals surface area contributed by atoms with E-state index in [9.17, 15) is 4.79 Å². The molecule has 2 N–H and O–H groups in total. The number of amides is 1. The van der Waals surface area contributed by atoms with Crippen LogP contribution in [0.2, 0.25) is 0 Å². The van der Waals surface area contributed by atoms with Crippen molar-refractivity contribution in [2.75, 3.05) is 10.6 Å². The van der Waals surface area contributed by atoms with Gasteiger partial charge in [0.1, 0.15) is 0 Å². The third-order valence-electron chi connectivity index (χ3n) is 2.17. The van der Waals surface area contributed by atoms with Crippen LogP contribution in [0.4, 0.5) is 17.1 Å². The zero-order chi connectivity index (χ0) is 13.0. The number of hydrogen-bond acceptors (Lipinski definition) is 3. The van der Waals surface area contributed by atoms with Crippen molar-refractivity contribution in [1.82, 2.24) is 4.98 Å². The quantitative estimate of drug-likeness (QED) is 0.912. The molecule has 0 aliphatic rings. The minimum atomic E-state index is -0.0968. The maximum absolute atomic E-state index is 11.0. The minimum Gasteiger partial charge on any atom is -0.354 e. The van der Waals surface area contributed by atoms with Crippen LogP contribution in [0.5, 0.6) is 0 Å². The molecule has 1 aromatic carbocycles. The summed E-state index contributed by atoms with van der Waals surface area (Å²) in [6.45, 7) is 1.48. The van der Waals surface area contributed by atoms with Crippen LogP contribution in [0, 0.1) is 0 Å². The third kappa shape index (κ3) is 3.56. The van der Waals surface area contributed by atoms with E-state index in [-0.39, 0.29) is 5.91 Å². The average molecular weight is 306 g/mol. The fourth-order valence-electron chi connectivity index (χ4n) is 1.54. The summed E-state index contributed by atoms with van der Waals surface area (Å²) >= 11 is 3.41. The summed E-state index contributed by atoms with van der Waals surface area (Å²) in [5.41, 5.74) is 2.51. The van der Waals surface area contributed by atoms with Gasteiger partial charge >= 0.3 is 0 Å². The summed E-state index contributed by atoms with van der Waals surface area (Å²) in [4.78, 5) is 15.1. The minimum absolute atomic E-state index is 0.0968. The highest BCUT2D eigenvalue weighted by Crippen LogP contribution is 2.25. The lowest BCUT2D eigenvalue weighted by molar-refractivity contribution is -0.114. The molecule has 0 atom stereocenters. The largest absolute Gasteiger partial charge is 0.354 e. The second kappa shape index (κ2) is 5.64. The monoisotopic (exact) mass is 305 g/mol. The predicted octanol–water partition coefficient (Wildman–Crippen LogP) is 3.55. The van der Waals surface area contributed by atoms with Gasteiger partial charge in [-0.2, -0.15) is 0 Å². The summed E-state index contributed by atoms with van der Waals surface area (Å²) in [7, 11) is 0. The molecule has 92 valence electrons. The van der Waals surface area contributed by atoms with Gasteiger partial charge in [0.2, 0.25) is 5.91 Å². The van der Waals surface area contributed by atoms with Crippen molar-refractivity contribution in [2.45, 2.75) is 6.92 Å². The molecule has 0 aliphatic heterocycles. The first kappa shape index (κ1) is 12.6. The van der Waals surface area contributed by atoms with Crippen LogP contribution < -0.4 is 10.6 Å². The lowest BCUT2D eigenvalue weighted by Gasteiger charge is -2.09. The van der Waals surface area contributed by atoms with Crippen molar-refractivity contribution in [1.29, 1.82) is 0 Å². The highest BCUT2D eigenvalue weighted by Gasteiger charge is 2.01. The third-order valence-corrected chi connectivity index (χ3v) is 2.63. The molecule has 1 heterocycles. The van der Waals surface area contributed by atoms with Gasteiger partial charge in [0.05, 0.1) is 11.9 Å². The first-order valence-corrected chi connectivity index (χ1v) is 6.18. The molecule has 0 bridgehead atoms. The molecule has 2 aromatic rings. The number of hydrogen-bond donors (Lipinski definition) is 2. The van der Waals surface area contributed by atoms with Crippen LogP contribution in [-0.2, 0) is 4.79 Å². The van der Waals surface area contributed by atoms with Crippen molar-refractivity contribution in [2.24, 2.45) is 0 Å². The van der Waals surface area contributed by atoms with Gasteiger partial charge in [-0.1, -0.05) is 15.9 Å². The van der Waals surface area contributed by atoms with Crippen LogP contribution in [-0.4, -0.2) is 10.9 Å². The molecule has 0 saturated carbocycles. The molecule has 18 heavy (non-hydrogen) atoms. The Hall–Kier alpha value is -1.88. The first-order chi connectivity index (χ1) is 8.63. The number of anilines is 3. The summed E-state index contributed by atoms with van der Waals surface area (Å²) in [6, 6.07) is 9.41. The van der Waals surface area contributed by atoms with E-state index in [1.807, 2.05) is 30.3 Å². The highest BCUT2D eigenvalue weighted by atomic mass is 79.9. The second-order valence-electron chi connectivity index (χ2n) is 3.78. The van der Waals surface area contributed by atoms with Crippen molar-refractivity contribution in [3.05, 3.63) is 47.2 Å². The van der Waals surface area contributed by atoms with Gasteiger partial charge in [-0.15, -0.1) is 0 Å². The predicted molar refractivity (Wildman–Crippen MR) is 76.0 cm³/mol. The van der Waals surface area contributed by atoms with Gasteiger partial charge in [0.15, 0.2) is 0 Å². The molecule has 4 nitrogen and oxygen atoms in total. The fraction of sp³-hybridized carbons (Fsp3) is 0.0769. The molecule has 5 heteroatoms. The van der Waals surface area contributed by atoms with Gasteiger partial charge in [0, 0.05) is 29.0 Å². The Bertz CT molecular complexity index is 557. The lowest BCUT2D eigenvalue weighted by atomic mass is 10.2. The maximum Gasteiger partial charge on any atom is 0.221 e. The number of nitrogens with one attached hydrogen (secondary N) is 2. The Kier molecular flexibility index (Phi) is 3.94. The maximum atomic E-state index is 11.0. The number of halogens is 1. The van der Waals surface area contributed by atoms with E-state index in [1.165, 1.54) is 6.92 Å². The molecule has 1 amide bonds. The van der Waals surface area contributed by atoms with Gasteiger partial charge in [-0.05, 0) is 30.3 Å². The van der Waals surface area contributed by atoms with E-state index >= 15 is 0 Å². The lowest BCUT2D eigenvalue weighted by Crippen LogP contribution is -2.06. The smallest absolute Gasteiger partial charge is 0.221 e. The zero-order valence-corrected chi connectivity index (χ0v) is 11.4. The molecular formula is C13H12BrN3O. The Labute approximate surface area is 114 Å². The van der Waals surface area contributed by atoms with E-state index in [4.69, 9.17) is 0 Å². The van der Waals surface area contributed by atoms with Crippen molar-refractivity contribution < 1.29 is 4.79 Å². The van der Waals surface area contributed by atoms with Crippen LogP contribution in [0.1, 0.15) is 6.92 Å². The normalized spacial score (nSPS) is 9.89. The molecule has 0 spiro atoms. The molecule has 2 rings (SSSR count). The number of carbonyl (C=O) groups excluding carboxylic acids is 1. The average Bonchev–Trinajstić information content (AvgIpc) is 2.28. The molecule has 0 unspecified atom stereocenters. The van der Waals surface area contributed by atoms with E-state index in [2.05, 4.69) is 31.5 Å². The zero-order valence-electron chi connectivity index (χ0n) is 9.77. The Morgan fingerprint density at radius 3 is 2.67 bits per heavy atom. The summed E-state index contributed by atoms with van der Waals surface area (Å²) in [6.07, 6.45) is 3.45. The van der Waals surface area contributed by atoms with E-state index in [0.29, 0.717) is 0 Å². The number of aromatic nitrogens is 1. The molecule has 1 aromatic heterocycles. The molecule has 0 saturated heterocycles. The second-order valence-corrected chi connectivity index (χ2v) is 4.69. The highest BCUT2D eigenvalue weighted by molar-refractivity contribution is 9.10. The summed E-state index contributed by atoms with van der Waals surface area (Å²) < 4.78 is 0.889. The van der Waals surface area contributed by atoms with E-state index in [1.54, 1.807) is 12.4 Å². The van der Waals surface area contributed by atoms with Gasteiger partial charge in [0.25, 0.3) is 0 Å². The Morgan fingerprint density at radius 2 is 2.00 bits per heavy atom. The number of carbonyl (C=O) groups is 1. The molecular weight excluding hydrogens is 294 g/mol. The number of nitrogens with zero attached hydrogens (tertiary/aromatic N) is 1. The Balaban J connectivity index is 2.23. The van der Waals surface area contributed by atoms with Gasteiger partial charge in [-0.25, -0.2) is 0 Å². The topological polar surface area (TPSA) is 54.0 Å². The first-order valence-electron chi connectivity index (χ1n) is 5.39. The molecule has 0 radical (unpaired) electrons. The van der Waals surface area contributed by atoms with Crippen LogP contribution in [0.3, 0.4) is 0 Å². The number of rotatable bonds is 3. The SMILES string of the molecule is CC(=O)Nc1cc(Br)cc(Nc2cccnc2)c1. The van der Waals surface area contributed by atoms with E-state index in [0.717, 1.165) is 21.5 Å². The number of benzene rings is 1. The summed E-state index contributed by atoms with van der Waals surface area (Å²) in [5.74, 6) is -0.0968. The molecule has 0 aliphatic carbocycles. The standard InChI is InChI=1S/C13H12BrN3O/c1-9(18)16-12-5-10(14)6-13(7-12)17-11-3-2-4-15-8-11/h2-8,17H,1H3,(H,16,18). The van der Waals surface area contributed by atoms with Crippen molar-refractivity contribution in [3.8, 4) is 0 Å².